The molecule has 0 aliphatic heterocycles. The van der Waals surface area contributed by atoms with Crippen LogP contribution in [-0.2, 0) is 5.41 Å². The number of fused-ring (bicyclic) bond motifs is 1. The molecule has 0 atom stereocenters. The van der Waals surface area contributed by atoms with Crippen molar-refractivity contribution < 1.29 is 5.11 Å². The SMILES string of the molecule is CC(C)(C)c1ccc(O)c(-c2ccc3ccccc3n2)c1. The van der Waals surface area contributed by atoms with Crippen molar-refractivity contribution in [2.24, 2.45) is 0 Å². The van der Waals surface area contributed by atoms with Crippen LogP contribution >= 0.6 is 0 Å². The first-order chi connectivity index (χ1) is 9.95. The monoisotopic (exact) mass is 277 g/mol. The lowest BCUT2D eigenvalue weighted by Gasteiger charge is -2.20. The summed E-state index contributed by atoms with van der Waals surface area (Å²) in [6.07, 6.45) is 0. The van der Waals surface area contributed by atoms with Crippen LogP contribution in [0.2, 0.25) is 0 Å². The highest BCUT2D eigenvalue weighted by Gasteiger charge is 2.16. The molecule has 3 aromatic rings. The fourth-order valence-electron chi connectivity index (χ4n) is 2.42. The molecule has 0 radical (unpaired) electrons. The van der Waals surface area contributed by atoms with Crippen LogP contribution in [-0.4, -0.2) is 10.1 Å². The van der Waals surface area contributed by atoms with Gasteiger partial charge < -0.3 is 5.11 Å². The molecule has 0 saturated carbocycles. The molecule has 0 spiro atoms. The Morgan fingerprint density at radius 2 is 1.67 bits per heavy atom. The van der Waals surface area contributed by atoms with Crippen LogP contribution in [0.3, 0.4) is 0 Å². The van der Waals surface area contributed by atoms with Gasteiger partial charge in [0.15, 0.2) is 0 Å². The van der Waals surface area contributed by atoms with Crippen molar-refractivity contribution >= 4 is 10.9 Å². The third-order valence-corrected chi connectivity index (χ3v) is 3.74. The standard InChI is InChI=1S/C19H19NO/c1-19(2,3)14-9-11-18(21)15(12-14)17-10-8-13-6-4-5-7-16(13)20-17/h4-12,21H,1-3H3. The van der Waals surface area contributed by atoms with Crippen molar-refractivity contribution in [1.82, 2.24) is 4.98 Å². The van der Waals surface area contributed by atoms with Crippen LogP contribution in [0.1, 0.15) is 26.3 Å². The second kappa shape index (κ2) is 4.88. The van der Waals surface area contributed by atoms with Gasteiger partial charge in [0, 0.05) is 10.9 Å². The van der Waals surface area contributed by atoms with Crippen molar-refractivity contribution in [3.05, 3.63) is 60.2 Å². The van der Waals surface area contributed by atoms with Crippen molar-refractivity contribution in [2.45, 2.75) is 26.2 Å². The Morgan fingerprint density at radius 3 is 2.43 bits per heavy atom. The van der Waals surface area contributed by atoms with Crippen molar-refractivity contribution in [2.75, 3.05) is 0 Å². The van der Waals surface area contributed by atoms with Crippen LogP contribution in [0.15, 0.2) is 54.6 Å². The average molecular weight is 277 g/mol. The summed E-state index contributed by atoms with van der Waals surface area (Å²) in [4.78, 5) is 4.67. The molecule has 3 rings (SSSR count). The van der Waals surface area contributed by atoms with Gasteiger partial charge in [-0.1, -0.05) is 51.1 Å². The summed E-state index contributed by atoms with van der Waals surface area (Å²) in [6, 6.07) is 17.8. The molecule has 2 aromatic carbocycles. The number of benzene rings is 2. The van der Waals surface area contributed by atoms with Gasteiger partial charge in [-0.25, -0.2) is 4.98 Å². The number of pyridine rings is 1. The van der Waals surface area contributed by atoms with Gasteiger partial charge in [-0.2, -0.15) is 0 Å². The number of para-hydroxylation sites is 1. The van der Waals surface area contributed by atoms with Crippen LogP contribution in [0.25, 0.3) is 22.2 Å². The van der Waals surface area contributed by atoms with Gasteiger partial charge >= 0.3 is 0 Å². The van der Waals surface area contributed by atoms with E-state index in [0.29, 0.717) is 0 Å². The number of hydrogen-bond donors (Lipinski definition) is 1. The fourth-order valence-corrected chi connectivity index (χ4v) is 2.42. The Morgan fingerprint density at radius 1 is 0.905 bits per heavy atom. The van der Waals surface area contributed by atoms with E-state index in [1.807, 2.05) is 48.5 Å². The number of hydrogen-bond acceptors (Lipinski definition) is 2. The van der Waals surface area contributed by atoms with E-state index in [2.05, 4.69) is 25.8 Å². The molecule has 0 fully saturated rings. The van der Waals surface area contributed by atoms with Crippen LogP contribution < -0.4 is 0 Å². The van der Waals surface area contributed by atoms with E-state index < -0.39 is 0 Å². The van der Waals surface area contributed by atoms with Gasteiger partial charge in [0.2, 0.25) is 0 Å². The summed E-state index contributed by atoms with van der Waals surface area (Å²) in [7, 11) is 0. The van der Waals surface area contributed by atoms with Crippen LogP contribution in [0.5, 0.6) is 5.75 Å². The number of aromatic nitrogens is 1. The minimum atomic E-state index is 0.0410. The fraction of sp³-hybridized carbons (Fsp3) is 0.211. The van der Waals surface area contributed by atoms with Crippen molar-refractivity contribution in [1.29, 1.82) is 0 Å². The lowest BCUT2D eigenvalue weighted by molar-refractivity contribution is 0.476. The molecule has 0 unspecified atom stereocenters. The van der Waals surface area contributed by atoms with Gasteiger partial charge in [-0.15, -0.1) is 0 Å². The zero-order chi connectivity index (χ0) is 15.0. The second-order valence-electron chi connectivity index (χ2n) is 6.37. The van der Waals surface area contributed by atoms with Crippen molar-refractivity contribution in [3.63, 3.8) is 0 Å². The third-order valence-electron chi connectivity index (χ3n) is 3.74. The zero-order valence-corrected chi connectivity index (χ0v) is 12.6. The molecule has 106 valence electrons. The molecule has 1 aromatic heterocycles. The highest BCUT2D eigenvalue weighted by Crippen LogP contribution is 2.33. The van der Waals surface area contributed by atoms with Crippen LogP contribution in [0, 0.1) is 0 Å². The Hall–Kier alpha value is -2.35. The van der Waals surface area contributed by atoms with Gasteiger partial charge in [0.25, 0.3) is 0 Å². The van der Waals surface area contributed by atoms with E-state index in [1.165, 1.54) is 5.56 Å². The maximum Gasteiger partial charge on any atom is 0.124 e. The molecule has 0 aliphatic rings. The molecule has 1 heterocycles. The highest BCUT2D eigenvalue weighted by atomic mass is 16.3. The molecule has 0 amide bonds. The molecule has 0 saturated heterocycles. The van der Waals surface area contributed by atoms with E-state index in [9.17, 15) is 5.11 Å². The average Bonchev–Trinajstić information content (AvgIpc) is 2.46. The summed E-state index contributed by atoms with van der Waals surface area (Å²) in [6.45, 7) is 6.49. The lowest BCUT2D eigenvalue weighted by Crippen LogP contribution is -2.10. The molecule has 2 heteroatoms. The van der Waals surface area contributed by atoms with Gasteiger partial charge in [-0.05, 0) is 35.2 Å². The number of aromatic hydroxyl groups is 1. The number of rotatable bonds is 1. The normalized spacial score (nSPS) is 11.8. The van der Waals surface area contributed by atoms with Gasteiger partial charge in [0.1, 0.15) is 5.75 Å². The smallest absolute Gasteiger partial charge is 0.124 e. The molecule has 1 N–H and O–H groups in total. The summed E-state index contributed by atoms with van der Waals surface area (Å²) in [5.74, 6) is 0.269. The summed E-state index contributed by atoms with van der Waals surface area (Å²) >= 11 is 0. The number of phenolic OH excluding ortho intramolecular Hbond substituents is 1. The first-order valence-corrected chi connectivity index (χ1v) is 7.15. The largest absolute Gasteiger partial charge is 0.507 e. The highest BCUT2D eigenvalue weighted by molar-refractivity contribution is 5.82. The Kier molecular flexibility index (Phi) is 3.17. The van der Waals surface area contributed by atoms with Crippen molar-refractivity contribution in [3.8, 4) is 17.0 Å². The molecular formula is C19H19NO. The Labute approximate surface area is 125 Å². The third kappa shape index (κ3) is 2.62. The zero-order valence-electron chi connectivity index (χ0n) is 12.6. The van der Waals surface area contributed by atoms with Crippen LogP contribution in [0.4, 0.5) is 0 Å². The molecule has 21 heavy (non-hydrogen) atoms. The molecule has 0 aliphatic carbocycles. The Bertz CT molecular complexity index is 800. The molecule has 0 bridgehead atoms. The van der Waals surface area contributed by atoms with Gasteiger partial charge in [0.05, 0.1) is 11.2 Å². The maximum atomic E-state index is 10.2. The predicted molar refractivity (Wildman–Crippen MR) is 87.5 cm³/mol. The summed E-state index contributed by atoms with van der Waals surface area (Å²) in [5.41, 5.74) is 3.76. The Balaban J connectivity index is 2.17. The first kappa shape index (κ1) is 13.6. The topological polar surface area (TPSA) is 33.1 Å². The number of phenols is 1. The molecule has 2 nitrogen and oxygen atoms in total. The van der Waals surface area contributed by atoms with E-state index in [4.69, 9.17) is 0 Å². The van der Waals surface area contributed by atoms with Gasteiger partial charge in [-0.3, -0.25) is 0 Å². The minimum Gasteiger partial charge on any atom is -0.507 e. The number of nitrogens with zero attached hydrogens (tertiary/aromatic N) is 1. The lowest BCUT2D eigenvalue weighted by atomic mass is 9.85. The minimum absolute atomic E-state index is 0.0410. The quantitative estimate of drug-likeness (QED) is 0.686. The van der Waals surface area contributed by atoms with E-state index >= 15 is 0 Å². The summed E-state index contributed by atoms with van der Waals surface area (Å²) in [5, 5.41) is 11.3. The van der Waals surface area contributed by atoms with E-state index in [1.54, 1.807) is 6.07 Å². The van der Waals surface area contributed by atoms with E-state index in [-0.39, 0.29) is 11.2 Å². The second-order valence-corrected chi connectivity index (χ2v) is 6.37. The first-order valence-electron chi connectivity index (χ1n) is 7.15. The summed E-state index contributed by atoms with van der Waals surface area (Å²) < 4.78 is 0. The van der Waals surface area contributed by atoms with E-state index in [0.717, 1.165) is 22.2 Å². The molecular weight excluding hydrogens is 258 g/mol. The maximum absolute atomic E-state index is 10.2. The predicted octanol–water partition coefficient (Wildman–Crippen LogP) is 4.90.